The van der Waals surface area contributed by atoms with Gasteiger partial charge in [-0.2, -0.15) is 0 Å². The monoisotopic (exact) mass is 489 g/mol. The summed E-state index contributed by atoms with van der Waals surface area (Å²) < 4.78 is 19.0. The summed E-state index contributed by atoms with van der Waals surface area (Å²) in [6.45, 7) is 2.28. The lowest BCUT2D eigenvalue weighted by molar-refractivity contribution is -0.149. The van der Waals surface area contributed by atoms with E-state index in [0.717, 1.165) is 43.6 Å². The minimum Gasteiger partial charge on any atom is -0.466 e. The minimum absolute atomic E-state index is 0. The normalized spacial score (nSPS) is 27.3. The molecule has 0 aliphatic heterocycles. The van der Waals surface area contributed by atoms with E-state index in [2.05, 4.69) is 15.6 Å². The summed E-state index contributed by atoms with van der Waals surface area (Å²) in [5.74, 6) is 0.778. The number of aliphatic imine (C=N–C) groups is 1. The molecule has 0 heterocycles. The van der Waals surface area contributed by atoms with Gasteiger partial charge in [-0.3, -0.25) is 9.79 Å². The predicted octanol–water partition coefficient (Wildman–Crippen LogP) is 3.59. The number of nitrogens with one attached hydrogen (secondary N) is 2. The Balaban J connectivity index is 0.00000261. The third-order valence-corrected chi connectivity index (χ3v) is 5.33. The second kappa shape index (κ2) is 10.2. The second-order valence-electron chi connectivity index (χ2n) is 7.13. The van der Waals surface area contributed by atoms with Crippen molar-refractivity contribution in [3.63, 3.8) is 0 Å². The first kappa shape index (κ1) is 21.9. The molecule has 150 valence electrons. The summed E-state index contributed by atoms with van der Waals surface area (Å²) in [5.41, 5.74) is 0.774. The lowest BCUT2D eigenvalue weighted by atomic mass is 9.86. The lowest BCUT2D eigenvalue weighted by Gasteiger charge is -2.29. The number of carbonyl (C=O) groups excluding carboxylic acids is 1. The number of rotatable bonds is 5. The molecule has 0 saturated heterocycles. The molecule has 0 bridgehead atoms. The maximum atomic E-state index is 13.9. The van der Waals surface area contributed by atoms with Crippen LogP contribution in [0.2, 0.25) is 0 Å². The van der Waals surface area contributed by atoms with Crippen molar-refractivity contribution in [3.05, 3.63) is 35.6 Å². The molecule has 2 N–H and O–H groups in total. The molecule has 27 heavy (non-hydrogen) atoms. The quantitative estimate of drug-likeness (QED) is 0.287. The molecule has 7 heteroatoms. The number of hydrogen-bond acceptors (Lipinski definition) is 3. The molecular weight excluding hydrogens is 460 g/mol. The van der Waals surface area contributed by atoms with Gasteiger partial charge in [0.15, 0.2) is 5.96 Å². The first-order valence-electron chi connectivity index (χ1n) is 9.53. The second-order valence-corrected chi connectivity index (χ2v) is 7.13. The fourth-order valence-electron chi connectivity index (χ4n) is 3.75. The Labute approximate surface area is 177 Å². The molecule has 0 aromatic heterocycles. The average molecular weight is 489 g/mol. The van der Waals surface area contributed by atoms with Crippen LogP contribution in [0.5, 0.6) is 0 Å². The third-order valence-electron chi connectivity index (χ3n) is 5.33. The average Bonchev–Trinajstić information content (AvgIpc) is 3.41. The van der Waals surface area contributed by atoms with E-state index in [9.17, 15) is 9.18 Å². The first-order valence-corrected chi connectivity index (χ1v) is 9.53. The van der Waals surface area contributed by atoms with Gasteiger partial charge in [0.1, 0.15) is 5.82 Å². The van der Waals surface area contributed by atoms with Crippen LogP contribution >= 0.6 is 24.0 Å². The standard InChI is InChI=1S/C20H28FN3O2.HI/c1-3-26-19(25)13-8-10-14(11-9-13)23-20(22-2)24-18-12-16(18)15-6-4-5-7-17(15)21;/h4-7,13-14,16,18H,3,8-12H2,1-2H3,(H2,22,23,24);1H. The van der Waals surface area contributed by atoms with Crippen molar-refractivity contribution >= 4 is 35.9 Å². The van der Waals surface area contributed by atoms with E-state index in [1.807, 2.05) is 19.1 Å². The van der Waals surface area contributed by atoms with Crippen LogP contribution in [0, 0.1) is 11.7 Å². The summed E-state index contributed by atoms with van der Waals surface area (Å²) in [4.78, 5) is 16.1. The molecule has 2 unspecified atom stereocenters. The van der Waals surface area contributed by atoms with Crippen LogP contribution in [0.25, 0.3) is 0 Å². The SMILES string of the molecule is CCOC(=O)C1CCC(NC(=NC)NC2CC2c2ccccc2F)CC1.I. The van der Waals surface area contributed by atoms with Gasteiger partial charge >= 0.3 is 5.97 Å². The van der Waals surface area contributed by atoms with Gasteiger partial charge in [-0.1, -0.05) is 18.2 Å². The summed E-state index contributed by atoms with van der Waals surface area (Å²) in [6, 6.07) is 7.49. The van der Waals surface area contributed by atoms with Crippen molar-refractivity contribution in [1.82, 2.24) is 10.6 Å². The van der Waals surface area contributed by atoms with Crippen LogP contribution in [0.15, 0.2) is 29.3 Å². The Morgan fingerprint density at radius 1 is 1.22 bits per heavy atom. The van der Waals surface area contributed by atoms with Crippen molar-refractivity contribution in [3.8, 4) is 0 Å². The van der Waals surface area contributed by atoms with Gasteiger partial charge in [0, 0.05) is 25.0 Å². The van der Waals surface area contributed by atoms with Crippen molar-refractivity contribution in [2.75, 3.05) is 13.7 Å². The van der Waals surface area contributed by atoms with Crippen LogP contribution in [-0.4, -0.2) is 37.7 Å². The summed E-state index contributed by atoms with van der Waals surface area (Å²) >= 11 is 0. The number of nitrogens with zero attached hydrogens (tertiary/aromatic N) is 1. The molecule has 5 nitrogen and oxygen atoms in total. The lowest BCUT2D eigenvalue weighted by Crippen LogP contribution is -2.46. The maximum absolute atomic E-state index is 13.9. The third kappa shape index (κ3) is 5.80. The Morgan fingerprint density at radius 3 is 2.56 bits per heavy atom. The molecule has 1 aromatic rings. The number of guanidine groups is 1. The Morgan fingerprint density at radius 2 is 1.93 bits per heavy atom. The molecule has 1 aromatic carbocycles. The highest BCUT2D eigenvalue weighted by atomic mass is 127. The van der Waals surface area contributed by atoms with Crippen molar-refractivity contribution in [2.24, 2.45) is 10.9 Å². The van der Waals surface area contributed by atoms with Gasteiger partial charge in [0.25, 0.3) is 0 Å². The predicted molar refractivity (Wildman–Crippen MR) is 115 cm³/mol. The number of carbonyl (C=O) groups is 1. The number of hydrogen-bond donors (Lipinski definition) is 2. The molecule has 2 aliphatic rings. The molecule has 3 rings (SSSR count). The van der Waals surface area contributed by atoms with Crippen LogP contribution in [0.1, 0.15) is 50.5 Å². The molecule has 0 radical (unpaired) electrons. The fourth-order valence-corrected chi connectivity index (χ4v) is 3.75. The highest BCUT2D eigenvalue weighted by Gasteiger charge is 2.40. The van der Waals surface area contributed by atoms with E-state index < -0.39 is 0 Å². The van der Waals surface area contributed by atoms with Crippen LogP contribution in [-0.2, 0) is 9.53 Å². The van der Waals surface area contributed by atoms with Crippen LogP contribution < -0.4 is 10.6 Å². The highest BCUT2D eigenvalue weighted by molar-refractivity contribution is 14.0. The number of ether oxygens (including phenoxy) is 1. The number of halogens is 2. The van der Waals surface area contributed by atoms with Gasteiger partial charge in [0.2, 0.25) is 0 Å². The molecule has 2 atom stereocenters. The van der Waals surface area contributed by atoms with Gasteiger partial charge in [-0.05, 0) is 50.7 Å². The highest BCUT2D eigenvalue weighted by Crippen LogP contribution is 2.41. The van der Waals surface area contributed by atoms with Crippen molar-refractivity contribution < 1.29 is 13.9 Å². The number of benzene rings is 1. The molecule has 0 spiro atoms. The Kier molecular flexibility index (Phi) is 8.31. The van der Waals surface area contributed by atoms with Crippen LogP contribution in [0.3, 0.4) is 0 Å². The topological polar surface area (TPSA) is 62.7 Å². The maximum Gasteiger partial charge on any atom is 0.308 e. The molecule has 2 aliphatic carbocycles. The van der Waals surface area contributed by atoms with E-state index in [4.69, 9.17) is 4.74 Å². The molecule has 2 fully saturated rings. The minimum atomic E-state index is -0.137. The van der Waals surface area contributed by atoms with E-state index in [0.29, 0.717) is 12.6 Å². The smallest absolute Gasteiger partial charge is 0.308 e. The van der Waals surface area contributed by atoms with Gasteiger partial charge < -0.3 is 15.4 Å². The van der Waals surface area contributed by atoms with Crippen molar-refractivity contribution in [2.45, 2.75) is 57.0 Å². The zero-order chi connectivity index (χ0) is 18.5. The van der Waals surface area contributed by atoms with Gasteiger partial charge in [-0.25, -0.2) is 4.39 Å². The summed E-state index contributed by atoms with van der Waals surface area (Å²) in [7, 11) is 1.75. The molecular formula is C20H29FIN3O2. The van der Waals surface area contributed by atoms with Crippen LogP contribution in [0.4, 0.5) is 4.39 Å². The Hall–Kier alpha value is -1.38. The fraction of sp³-hybridized carbons (Fsp3) is 0.600. The van der Waals surface area contributed by atoms with E-state index in [-0.39, 0.29) is 53.6 Å². The largest absolute Gasteiger partial charge is 0.466 e. The summed E-state index contributed by atoms with van der Waals surface area (Å²) in [6.07, 6.45) is 4.44. The first-order chi connectivity index (χ1) is 12.6. The zero-order valence-corrected chi connectivity index (χ0v) is 18.2. The van der Waals surface area contributed by atoms with Gasteiger partial charge in [-0.15, -0.1) is 24.0 Å². The van der Waals surface area contributed by atoms with E-state index >= 15 is 0 Å². The van der Waals surface area contributed by atoms with E-state index in [1.165, 1.54) is 6.07 Å². The van der Waals surface area contributed by atoms with E-state index in [1.54, 1.807) is 13.1 Å². The van der Waals surface area contributed by atoms with Gasteiger partial charge in [0.05, 0.1) is 12.5 Å². The van der Waals surface area contributed by atoms with Crippen molar-refractivity contribution in [1.29, 1.82) is 0 Å². The molecule has 0 amide bonds. The Bertz CT molecular complexity index is 662. The zero-order valence-electron chi connectivity index (χ0n) is 15.9. The summed E-state index contributed by atoms with van der Waals surface area (Å²) in [5, 5.41) is 6.85. The number of esters is 1. The molecule has 2 saturated carbocycles.